The summed E-state index contributed by atoms with van der Waals surface area (Å²) < 4.78 is 0. The van der Waals surface area contributed by atoms with Crippen molar-refractivity contribution in [1.82, 2.24) is 9.97 Å². The van der Waals surface area contributed by atoms with Crippen LogP contribution in [0.3, 0.4) is 0 Å². The van der Waals surface area contributed by atoms with Gasteiger partial charge in [-0.2, -0.15) is 0 Å². The van der Waals surface area contributed by atoms with E-state index in [1.807, 2.05) is 6.07 Å². The average molecular weight is 630 g/mol. The number of rotatable bonds is 6. The highest BCUT2D eigenvalue weighted by Gasteiger charge is 2.38. The molecule has 1 aliphatic rings. The van der Waals surface area contributed by atoms with Gasteiger partial charge < -0.3 is 9.88 Å². The fraction of sp³-hybridized carbons (Fsp3) is 0.0652. The van der Waals surface area contributed by atoms with Crippen LogP contribution in [-0.4, -0.2) is 9.97 Å². The molecule has 49 heavy (non-hydrogen) atoms. The minimum atomic E-state index is -0.204. The number of nitrogens with zero attached hydrogens (tertiary/aromatic N) is 2. The van der Waals surface area contributed by atoms with E-state index in [0.29, 0.717) is 0 Å². The standard InChI is InChI=1S/C46H35N3/c1-46(2)39-20-13-19-38(45-47-41-21-10-11-22-42(41)48-45)44(39)37-29-28-35(30-40(37)46)49(34-26-24-32(25-27-34)31-14-5-3-6-15-31)43-23-12-9-18-36(43)33-16-7-4-8-17-33/h3-30H,1-2H3,(H,47,48). The van der Waals surface area contributed by atoms with Crippen molar-refractivity contribution in [2.24, 2.45) is 0 Å². The molecule has 3 nitrogen and oxygen atoms in total. The van der Waals surface area contributed by atoms with E-state index >= 15 is 0 Å². The Bertz CT molecular complexity index is 2420. The second-order valence-corrected chi connectivity index (χ2v) is 13.3. The minimum absolute atomic E-state index is 0.204. The normalized spacial score (nSPS) is 12.9. The Morgan fingerprint density at radius 1 is 0.490 bits per heavy atom. The fourth-order valence-corrected chi connectivity index (χ4v) is 7.58. The lowest BCUT2D eigenvalue weighted by Gasteiger charge is -2.30. The first-order valence-electron chi connectivity index (χ1n) is 16.9. The zero-order valence-corrected chi connectivity index (χ0v) is 27.6. The molecule has 0 unspecified atom stereocenters. The van der Waals surface area contributed by atoms with Gasteiger partial charge in [-0.05, 0) is 81.4 Å². The number of benzene rings is 7. The Morgan fingerprint density at radius 2 is 1.12 bits per heavy atom. The monoisotopic (exact) mass is 629 g/mol. The van der Waals surface area contributed by atoms with Crippen molar-refractivity contribution >= 4 is 28.1 Å². The van der Waals surface area contributed by atoms with E-state index in [0.717, 1.165) is 39.5 Å². The van der Waals surface area contributed by atoms with Crippen molar-refractivity contribution in [3.8, 4) is 44.8 Å². The summed E-state index contributed by atoms with van der Waals surface area (Å²) in [5, 5.41) is 0. The van der Waals surface area contributed by atoms with Crippen LogP contribution in [0.5, 0.6) is 0 Å². The molecule has 0 bridgehead atoms. The van der Waals surface area contributed by atoms with Gasteiger partial charge in [-0.1, -0.05) is 141 Å². The van der Waals surface area contributed by atoms with Crippen LogP contribution in [-0.2, 0) is 5.41 Å². The summed E-state index contributed by atoms with van der Waals surface area (Å²) in [4.78, 5) is 11.0. The van der Waals surface area contributed by atoms with Gasteiger partial charge >= 0.3 is 0 Å². The highest BCUT2D eigenvalue weighted by molar-refractivity contribution is 5.95. The van der Waals surface area contributed by atoms with Gasteiger partial charge in [0.2, 0.25) is 0 Å². The lowest BCUT2D eigenvalue weighted by atomic mass is 9.82. The molecule has 0 aliphatic heterocycles. The van der Waals surface area contributed by atoms with Crippen LogP contribution >= 0.6 is 0 Å². The predicted octanol–water partition coefficient (Wildman–Crippen LogP) is 12.3. The van der Waals surface area contributed by atoms with Gasteiger partial charge in [0.15, 0.2) is 0 Å². The van der Waals surface area contributed by atoms with Crippen molar-refractivity contribution < 1.29 is 0 Å². The number of anilines is 3. The van der Waals surface area contributed by atoms with Crippen LogP contribution in [0.15, 0.2) is 170 Å². The van der Waals surface area contributed by atoms with Gasteiger partial charge in [-0.3, -0.25) is 0 Å². The quantitative estimate of drug-likeness (QED) is 0.198. The molecule has 9 rings (SSSR count). The first-order valence-corrected chi connectivity index (χ1v) is 16.9. The van der Waals surface area contributed by atoms with Crippen molar-refractivity contribution in [3.63, 3.8) is 0 Å². The molecule has 0 saturated heterocycles. The zero-order valence-electron chi connectivity index (χ0n) is 27.6. The third-order valence-electron chi connectivity index (χ3n) is 10.0. The lowest BCUT2D eigenvalue weighted by Crippen LogP contribution is -2.17. The predicted molar refractivity (Wildman–Crippen MR) is 205 cm³/mol. The number of fused-ring (bicyclic) bond motifs is 4. The van der Waals surface area contributed by atoms with E-state index in [-0.39, 0.29) is 5.41 Å². The number of nitrogens with one attached hydrogen (secondary N) is 1. The molecule has 3 heteroatoms. The van der Waals surface area contributed by atoms with E-state index in [4.69, 9.17) is 4.98 Å². The number of aromatic amines is 1. The maximum Gasteiger partial charge on any atom is 0.139 e. The van der Waals surface area contributed by atoms with E-state index in [9.17, 15) is 0 Å². The van der Waals surface area contributed by atoms with Gasteiger partial charge in [-0.15, -0.1) is 0 Å². The summed E-state index contributed by atoms with van der Waals surface area (Å²) in [7, 11) is 0. The number of H-pyrrole nitrogens is 1. The first kappa shape index (κ1) is 29.0. The van der Waals surface area contributed by atoms with Crippen LogP contribution in [0.25, 0.3) is 55.8 Å². The summed E-state index contributed by atoms with van der Waals surface area (Å²) in [6, 6.07) is 60.9. The summed E-state index contributed by atoms with van der Waals surface area (Å²) in [5.41, 5.74) is 16.3. The van der Waals surface area contributed by atoms with Gasteiger partial charge in [0.1, 0.15) is 5.82 Å². The van der Waals surface area contributed by atoms with E-state index in [1.54, 1.807) is 0 Å². The molecule has 0 spiro atoms. The Morgan fingerprint density at radius 3 is 1.90 bits per heavy atom. The summed E-state index contributed by atoms with van der Waals surface area (Å²) in [6.07, 6.45) is 0. The number of imidazole rings is 1. The lowest BCUT2D eigenvalue weighted by molar-refractivity contribution is 0.660. The molecule has 234 valence electrons. The Labute approximate surface area is 287 Å². The molecule has 1 aliphatic carbocycles. The van der Waals surface area contributed by atoms with Gasteiger partial charge in [-0.25, -0.2) is 4.98 Å². The van der Waals surface area contributed by atoms with E-state index < -0.39 is 0 Å². The second-order valence-electron chi connectivity index (χ2n) is 13.3. The highest BCUT2D eigenvalue weighted by Crippen LogP contribution is 2.54. The average Bonchev–Trinajstić information content (AvgIpc) is 3.69. The number of hydrogen-bond acceptors (Lipinski definition) is 2. The van der Waals surface area contributed by atoms with Crippen LogP contribution in [0, 0.1) is 0 Å². The van der Waals surface area contributed by atoms with Gasteiger partial charge in [0.25, 0.3) is 0 Å². The highest BCUT2D eigenvalue weighted by atomic mass is 15.1. The molecule has 0 amide bonds. The third kappa shape index (κ3) is 4.86. The molecule has 1 N–H and O–H groups in total. The molecule has 1 heterocycles. The smallest absolute Gasteiger partial charge is 0.139 e. The summed E-state index contributed by atoms with van der Waals surface area (Å²) in [6.45, 7) is 4.70. The van der Waals surface area contributed by atoms with Gasteiger partial charge in [0.05, 0.1) is 16.7 Å². The van der Waals surface area contributed by atoms with E-state index in [1.165, 1.54) is 44.5 Å². The SMILES string of the molecule is CC1(C)c2cc(N(c3ccc(-c4ccccc4)cc3)c3ccccc3-c3ccccc3)ccc2-c2c(-c3nc4ccccc4[nH]3)cccc21. The van der Waals surface area contributed by atoms with Crippen molar-refractivity contribution in [2.75, 3.05) is 4.90 Å². The topological polar surface area (TPSA) is 31.9 Å². The van der Waals surface area contributed by atoms with Crippen molar-refractivity contribution in [1.29, 1.82) is 0 Å². The fourth-order valence-electron chi connectivity index (χ4n) is 7.58. The van der Waals surface area contributed by atoms with Crippen LogP contribution in [0.1, 0.15) is 25.0 Å². The molecular formula is C46H35N3. The van der Waals surface area contributed by atoms with Crippen molar-refractivity contribution in [2.45, 2.75) is 19.3 Å². The number of aromatic nitrogens is 2. The maximum absolute atomic E-state index is 5.01. The molecule has 8 aromatic rings. The summed E-state index contributed by atoms with van der Waals surface area (Å²) in [5.74, 6) is 0.905. The Hall–Kier alpha value is -6.19. The van der Waals surface area contributed by atoms with Crippen LogP contribution in [0.4, 0.5) is 17.1 Å². The van der Waals surface area contributed by atoms with Gasteiger partial charge in [0, 0.05) is 27.9 Å². The molecule has 1 aromatic heterocycles. The molecule has 0 saturated carbocycles. The molecule has 0 radical (unpaired) electrons. The second kappa shape index (κ2) is 11.5. The van der Waals surface area contributed by atoms with Crippen LogP contribution in [0.2, 0.25) is 0 Å². The Balaban J connectivity index is 1.22. The minimum Gasteiger partial charge on any atom is -0.338 e. The molecular weight excluding hydrogens is 595 g/mol. The number of hydrogen-bond donors (Lipinski definition) is 1. The third-order valence-corrected chi connectivity index (χ3v) is 10.0. The largest absolute Gasteiger partial charge is 0.338 e. The first-order chi connectivity index (χ1) is 24.1. The zero-order chi connectivity index (χ0) is 33.0. The summed E-state index contributed by atoms with van der Waals surface area (Å²) >= 11 is 0. The Kier molecular flexibility index (Phi) is 6.80. The molecule has 0 atom stereocenters. The van der Waals surface area contributed by atoms with Crippen LogP contribution < -0.4 is 4.90 Å². The van der Waals surface area contributed by atoms with Crippen molar-refractivity contribution in [3.05, 3.63) is 181 Å². The maximum atomic E-state index is 5.01. The van der Waals surface area contributed by atoms with E-state index in [2.05, 4.69) is 188 Å². The number of para-hydroxylation sites is 3. The molecule has 0 fully saturated rings. The molecule has 7 aromatic carbocycles.